The van der Waals surface area contributed by atoms with E-state index in [2.05, 4.69) is 15.9 Å². The fourth-order valence-corrected chi connectivity index (χ4v) is 1.63. The van der Waals surface area contributed by atoms with E-state index in [9.17, 15) is 0 Å². The lowest BCUT2D eigenvalue weighted by Gasteiger charge is -2.08. The Hall–Kier alpha value is -1.48. The van der Waals surface area contributed by atoms with Crippen LogP contribution in [0, 0.1) is 0 Å². The molecule has 0 atom stereocenters. The third-order valence-corrected chi connectivity index (χ3v) is 2.71. The summed E-state index contributed by atoms with van der Waals surface area (Å²) in [4.78, 5) is 0. The first-order valence-corrected chi connectivity index (χ1v) is 6.20. The maximum atomic E-state index is 5.54. The van der Waals surface area contributed by atoms with Crippen LogP contribution < -0.4 is 9.47 Å². The van der Waals surface area contributed by atoms with Crippen LogP contribution in [0.2, 0.25) is 0 Å². The normalized spacial score (nSPS) is 9.94. The van der Waals surface area contributed by atoms with Gasteiger partial charge in [0.15, 0.2) is 0 Å². The molecule has 0 fully saturated rings. The first-order valence-electron chi connectivity index (χ1n) is 5.41. The lowest BCUT2D eigenvalue weighted by molar-refractivity contribution is 0.217. The summed E-state index contributed by atoms with van der Waals surface area (Å²) >= 11 is 3.38. The van der Waals surface area contributed by atoms with Crippen LogP contribution in [0.15, 0.2) is 59.1 Å². The van der Waals surface area contributed by atoms with Crippen molar-refractivity contribution < 1.29 is 9.47 Å². The van der Waals surface area contributed by atoms with Gasteiger partial charge in [0.1, 0.15) is 24.7 Å². The van der Waals surface area contributed by atoms with Crippen molar-refractivity contribution in [3.05, 3.63) is 59.1 Å². The number of hydrogen-bond donors (Lipinski definition) is 0. The van der Waals surface area contributed by atoms with Crippen LogP contribution >= 0.6 is 15.9 Å². The fraction of sp³-hybridized carbons (Fsp3) is 0.143. The molecule has 0 unspecified atom stereocenters. The molecule has 2 aromatic carbocycles. The van der Waals surface area contributed by atoms with E-state index in [1.165, 1.54) is 0 Å². The lowest BCUT2D eigenvalue weighted by atomic mass is 10.3. The van der Waals surface area contributed by atoms with Crippen molar-refractivity contribution in [1.82, 2.24) is 0 Å². The molecular weight excluding hydrogens is 280 g/mol. The van der Waals surface area contributed by atoms with Gasteiger partial charge in [0, 0.05) is 4.47 Å². The highest BCUT2D eigenvalue weighted by molar-refractivity contribution is 9.10. The van der Waals surface area contributed by atoms with E-state index < -0.39 is 0 Å². The quantitative estimate of drug-likeness (QED) is 0.778. The second-order valence-electron chi connectivity index (χ2n) is 3.46. The lowest BCUT2D eigenvalue weighted by Crippen LogP contribution is -2.08. The standard InChI is InChI=1S/C14H13BrO2/c15-12-6-8-14(9-7-12)17-11-10-16-13-4-2-1-3-5-13/h1-9H,10-11H2. The van der Waals surface area contributed by atoms with Crippen LogP contribution in [0.4, 0.5) is 0 Å². The van der Waals surface area contributed by atoms with E-state index in [0.29, 0.717) is 13.2 Å². The van der Waals surface area contributed by atoms with Gasteiger partial charge in [-0.05, 0) is 36.4 Å². The summed E-state index contributed by atoms with van der Waals surface area (Å²) in [6, 6.07) is 17.5. The summed E-state index contributed by atoms with van der Waals surface area (Å²) in [5.41, 5.74) is 0. The van der Waals surface area contributed by atoms with Crippen LogP contribution in [0.25, 0.3) is 0 Å². The summed E-state index contributed by atoms with van der Waals surface area (Å²) < 4.78 is 12.1. The minimum absolute atomic E-state index is 0.538. The zero-order chi connectivity index (χ0) is 11.9. The molecule has 0 heterocycles. The van der Waals surface area contributed by atoms with Gasteiger partial charge in [0.05, 0.1) is 0 Å². The van der Waals surface area contributed by atoms with Gasteiger partial charge in [-0.15, -0.1) is 0 Å². The van der Waals surface area contributed by atoms with Gasteiger partial charge in [-0.1, -0.05) is 34.1 Å². The molecule has 0 amide bonds. The highest BCUT2D eigenvalue weighted by atomic mass is 79.9. The Kier molecular flexibility index (Phi) is 4.45. The molecule has 0 saturated heterocycles. The van der Waals surface area contributed by atoms with Gasteiger partial charge in [-0.3, -0.25) is 0 Å². The highest BCUT2D eigenvalue weighted by Gasteiger charge is 1.95. The zero-order valence-corrected chi connectivity index (χ0v) is 10.9. The Morgan fingerprint density at radius 3 is 1.82 bits per heavy atom. The predicted octanol–water partition coefficient (Wildman–Crippen LogP) is 3.91. The van der Waals surface area contributed by atoms with E-state index in [4.69, 9.17) is 9.47 Å². The second-order valence-corrected chi connectivity index (χ2v) is 4.38. The van der Waals surface area contributed by atoms with Crippen LogP contribution in [0.1, 0.15) is 0 Å². The molecule has 0 spiro atoms. The molecule has 0 aliphatic carbocycles. The summed E-state index contributed by atoms with van der Waals surface area (Å²) in [7, 11) is 0. The molecule has 0 N–H and O–H groups in total. The predicted molar refractivity (Wildman–Crippen MR) is 71.6 cm³/mol. The van der Waals surface area contributed by atoms with Crippen molar-refractivity contribution in [2.24, 2.45) is 0 Å². The van der Waals surface area contributed by atoms with Crippen molar-refractivity contribution in [2.75, 3.05) is 13.2 Å². The van der Waals surface area contributed by atoms with Gasteiger partial charge in [0.25, 0.3) is 0 Å². The molecule has 0 bridgehead atoms. The summed E-state index contributed by atoms with van der Waals surface area (Å²) in [5, 5.41) is 0. The minimum Gasteiger partial charge on any atom is -0.490 e. The summed E-state index contributed by atoms with van der Waals surface area (Å²) in [6.07, 6.45) is 0. The van der Waals surface area contributed by atoms with Crippen LogP contribution in [-0.2, 0) is 0 Å². The third-order valence-electron chi connectivity index (χ3n) is 2.18. The van der Waals surface area contributed by atoms with Gasteiger partial charge < -0.3 is 9.47 Å². The van der Waals surface area contributed by atoms with E-state index in [1.54, 1.807) is 0 Å². The SMILES string of the molecule is Brc1ccc(OCCOc2ccccc2)cc1. The van der Waals surface area contributed by atoms with Gasteiger partial charge in [-0.2, -0.15) is 0 Å². The van der Waals surface area contributed by atoms with Gasteiger partial charge in [0.2, 0.25) is 0 Å². The van der Waals surface area contributed by atoms with Gasteiger partial charge >= 0.3 is 0 Å². The molecule has 2 rings (SSSR count). The molecule has 17 heavy (non-hydrogen) atoms. The molecular formula is C14H13BrO2. The monoisotopic (exact) mass is 292 g/mol. The van der Waals surface area contributed by atoms with E-state index in [1.807, 2.05) is 54.6 Å². The van der Waals surface area contributed by atoms with Crippen molar-refractivity contribution in [2.45, 2.75) is 0 Å². The Bertz CT molecular complexity index is 440. The van der Waals surface area contributed by atoms with Crippen LogP contribution in [0.3, 0.4) is 0 Å². The Balaban J connectivity index is 1.71. The number of hydrogen-bond acceptors (Lipinski definition) is 2. The molecule has 0 aliphatic rings. The second kappa shape index (κ2) is 6.30. The van der Waals surface area contributed by atoms with Crippen LogP contribution in [-0.4, -0.2) is 13.2 Å². The average molecular weight is 293 g/mol. The number of ether oxygens (including phenoxy) is 2. The number of halogens is 1. The maximum absolute atomic E-state index is 5.54. The molecule has 3 heteroatoms. The molecule has 0 aromatic heterocycles. The summed E-state index contributed by atoms with van der Waals surface area (Å²) in [6.45, 7) is 1.08. The Morgan fingerprint density at radius 1 is 0.706 bits per heavy atom. The van der Waals surface area contributed by atoms with Crippen molar-refractivity contribution >= 4 is 15.9 Å². The van der Waals surface area contributed by atoms with E-state index in [-0.39, 0.29) is 0 Å². The van der Waals surface area contributed by atoms with E-state index in [0.717, 1.165) is 16.0 Å². The average Bonchev–Trinajstić information content (AvgIpc) is 2.38. The van der Waals surface area contributed by atoms with Crippen LogP contribution in [0.5, 0.6) is 11.5 Å². The minimum atomic E-state index is 0.538. The topological polar surface area (TPSA) is 18.5 Å². The largest absolute Gasteiger partial charge is 0.490 e. The van der Waals surface area contributed by atoms with Crippen molar-refractivity contribution in [1.29, 1.82) is 0 Å². The number of para-hydroxylation sites is 1. The van der Waals surface area contributed by atoms with E-state index >= 15 is 0 Å². The first-order chi connectivity index (χ1) is 8.34. The molecule has 2 nitrogen and oxygen atoms in total. The molecule has 88 valence electrons. The smallest absolute Gasteiger partial charge is 0.122 e. The van der Waals surface area contributed by atoms with Crippen molar-refractivity contribution in [3.63, 3.8) is 0 Å². The Morgan fingerprint density at radius 2 is 1.24 bits per heavy atom. The van der Waals surface area contributed by atoms with Gasteiger partial charge in [-0.25, -0.2) is 0 Å². The molecule has 2 aromatic rings. The number of rotatable bonds is 5. The number of benzene rings is 2. The molecule has 0 aliphatic heterocycles. The molecule has 0 radical (unpaired) electrons. The zero-order valence-electron chi connectivity index (χ0n) is 9.30. The third kappa shape index (κ3) is 4.11. The maximum Gasteiger partial charge on any atom is 0.122 e. The summed E-state index contributed by atoms with van der Waals surface area (Å²) in [5.74, 6) is 1.72. The van der Waals surface area contributed by atoms with Crippen molar-refractivity contribution in [3.8, 4) is 11.5 Å². The molecule has 0 saturated carbocycles. The Labute approximate surface area is 109 Å². The first kappa shape index (κ1) is 12.0. The fourth-order valence-electron chi connectivity index (χ4n) is 1.37. The highest BCUT2D eigenvalue weighted by Crippen LogP contribution is 2.16.